The van der Waals surface area contributed by atoms with E-state index in [9.17, 15) is 14.0 Å². The highest BCUT2D eigenvalue weighted by atomic mass is 35.5. The number of nitrogens with one attached hydrogen (secondary N) is 2. The molecule has 12 heteroatoms. The molecule has 3 rings (SSSR count). The zero-order valence-electron chi connectivity index (χ0n) is 21.5. The Balaban J connectivity index is 1.80. The third-order valence-corrected chi connectivity index (χ3v) is 6.41. The van der Waals surface area contributed by atoms with Gasteiger partial charge in [0.05, 0.1) is 19.3 Å². The van der Waals surface area contributed by atoms with E-state index >= 15 is 0 Å². The second kappa shape index (κ2) is 11.4. The molecule has 2 amide bonds. The number of anilines is 1. The van der Waals surface area contributed by atoms with Crippen LogP contribution in [0.4, 0.5) is 14.9 Å². The van der Waals surface area contributed by atoms with Crippen molar-refractivity contribution in [3.05, 3.63) is 28.9 Å². The highest BCUT2D eigenvalue weighted by Crippen LogP contribution is 2.32. The number of halogens is 2. The molecule has 0 radical (unpaired) electrons. The van der Waals surface area contributed by atoms with E-state index in [1.165, 1.54) is 18.0 Å². The Bertz CT molecular complexity index is 1080. The van der Waals surface area contributed by atoms with Crippen LogP contribution in [-0.2, 0) is 9.53 Å². The van der Waals surface area contributed by atoms with Crippen LogP contribution in [0.1, 0.15) is 71.9 Å². The van der Waals surface area contributed by atoms with Crippen molar-refractivity contribution in [2.45, 2.75) is 78.0 Å². The third-order valence-electron chi connectivity index (χ3n) is 6.23. The van der Waals surface area contributed by atoms with Crippen molar-refractivity contribution in [1.29, 1.82) is 0 Å². The molecule has 0 aliphatic heterocycles. The smallest absolute Gasteiger partial charge is 0.408 e. The number of aromatic nitrogens is 4. The molecule has 1 fully saturated rings. The number of alkyl carbamates (subject to hydrolysis) is 1. The summed E-state index contributed by atoms with van der Waals surface area (Å²) in [5, 5.41) is 17.0. The largest absolute Gasteiger partial charge is 0.480 e. The molecule has 0 bridgehead atoms. The van der Waals surface area contributed by atoms with E-state index < -0.39 is 35.6 Å². The average Bonchev–Trinajstić information content (AvgIpc) is 3.16. The Morgan fingerprint density at radius 2 is 1.89 bits per heavy atom. The van der Waals surface area contributed by atoms with Gasteiger partial charge in [-0.2, -0.15) is 4.39 Å². The summed E-state index contributed by atoms with van der Waals surface area (Å²) >= 11 is 5.98. The van der Waals surface area contributed by atoms with Gasteiger partial charge in [0.2, 0.25) is 11.8 Å². The van der Waals surface area contributed by atoms with Gasteiger partial charge in [0.1, 0.15) is 17.3 Å². The Morgan fingerprint density at radius 1 is 1.22 bits per heavy atom. The standard InChI is InChI=1S/C24H34ClFN6O4/c1-13-7-9-15(10-8-13)19(28-23(34)36-24(3,4)5)21(33)27-17-12-32(31-20(17)26)14(2)16-11-18(25)29-30-22(16)35-6/h11-15,19H,7-10H2,1-6H3,(H,27,33)(H,28,34). The van der Waals surface area contributed by atoms with Crippen LogP contribution >= 0.6 is 11.6 Å². The van der Waals surface area contributed by atoms with E-state index in [1.807, 2.05) is 0 Å². The van der Waals surface area contributed by atoms with Gasteiger partial charge in [0, 0.05) is 5.56 Å². The summed E-state index contributed by atoms with van der Waals surface area (Å²) in [5.41, 5.74) is -0.292. The van der Waals surface area contributed by atoms with Crippen LogP contribution in [0.5, 0.6) is 5.88 Å². The summed E-state index contributed by atoms with van der Waals surface area (Å²) in [4.78, 5) is 25.8. The molecule has 198 valence electrons. The van der Waals surface area contributed by atoms with Gasteiger partial charge >= 0.3 is 6.09 Å². The van der Waals surface area contributed by atoms with Gasteiger partial charge in [0.25, 0.3) is 5.95 Å². The van der Waals surface area contributed by atoms with Gasteiger partial charge in [-0.05, 0) is 58.4 Å². The van der Waals surface area contributed by atoms with Crippen LogP contribution in [-0.4, -0.2) is 50.7 Å². The minimum atomic E-state index is -0.879. The summed E-state index contributed by atoms with van der Waals surface area (Å²) in [5.74, 6) is -0.716. The molecule has 1 aliphatic carbocycles. The molecule has 0 saturated heterocycles. The Morgan fingerprint density at radius 3 is 2.50 bits per heavy atom. The molecular weight excluding hydrogens is 491 g/mol. The fourth-order valence-electron chi connectivity index (χ4n) is 4.28. The van der Waals surface area contributed by atoms with Gasteiger partial charge in [-0.15, -0.1) is 15.3 Å². The van der Waals surface area contributed by atoms with Crippen LogP contribution in [0.3, 0.4) is 0 Å². The molecule has 2 aromatic heterocycles. The Hall–Kier alpha value is -2.95. The highest BCUT2D eigenvalue weighted by Gasteiger charge is 2.34. The number of nitrogens with zero attached hydrogens (tertiary/aromatic N) is 4. The highest BCUT2D eigenvalue weighted by molar-refractivity contribution is 6.29. The number of ether oxygens (including phenoxy) is 2. The fraction of sp³-hybridized carbons (Fsp3) is 0.625. The summed E-state index contributed by atoms with van der Waals surface area (Å²) in [6.45, 7) is 9.15. The SMILES string of the molecule is COc1nnc(Cl)cc1C(C)n1cc(NC(=O)C(NC(=O)OC(C)(C)C)C2CCC(C)CC2)c(F)n1. The van der Waals surface area contributed by atoms with Crippen LogP contribution in [0.2, 0.25) is 5.15 Å². The molecule has 2 unspecified atom stereocenters. The van der Waals surface area contributed by atoms with Crippen molar-refractivity contribution in [2.24, 2.45) is 11.8 Å². The maximum atomic E-state index is 14.8. The minimum absolute atomic E-state index is 0.0972. The molecular formula is C24H34ClFN6O4. The quantitative estimate of drug-likeness (QED) is 0.536. The van der Waals surface area contributed by atoms with Gasteiger partial charge in [-0.25, -0.2) is 4.79 Å². The van der Waals surface area contributed by atoms with E-state index in [2.05, 4.69) is 32.9 Å². The lowest BCUT2D eigenvalue weighted by atomic mass is 9.79. The average molecular weight is 525 g/mol. The zero-order chi connectivity index (χ0) is 26.6. The number of carbonyl (C=O) groups is 2. The summed E-state index contributed by atoms with van der Waals surface area (Å²) in [6.07, 6.45) is 4.10. The molecule has 0 spiro atoms. The lowest BCUT2D eigenvalue weighted by Crippen LogP contribution is -2.50. The molecule has 2 N–H and O–H groups in total. The van der Waals surface area contributed by atoms with Crippen molar-refractivity contribution in [3.8, 4) is 5.88 Å². The van der Waals surface area contributed by atoms with Crippen LogP contribution in [0, 0.1) is 17.8 Å². The van der Waals surface area contributed by atoms with Crippen LogP contribution < -0.4 is 15.4 Å². The maximum absolute atomic E-state index is 14.8. The first-order valence-corrected chi connectivity index (χ1v) is 12.4. The topological polar surface area (TPSA) is 120 Å². The van der Waals surface area contributed by atoms with Gasteiger partial charge < -0.3 is 20.1 Å². The predicted molar refractivity (Wildman–Crippen MR) is 133 cm³/mol. The number of hydrogen-bond acceptors (Lipinski definition) is 7. The van der Waals surface area contributed by atoms with Crippen molar-refractivity contribution in [2.75, 3.05) is 12.4 Å². The lowest BCUT2D eigenvalue weighted by Gasteiger charge is -2.32. The van der Waals surface area contributed by atoms with E-state index in [0.717, 1.165) is 25.7 Å². The minimum Gasteiger partial charge on any atom is -0.480 e. The number of amides is 2. The summed E-state index contributed by atoms with van der Waals surface area (Å²) in [7, 11) is 1.44. The molecule has 10 nitrogen and oxygen atoms in total. The maximum Gasteiger partial charge on any atom is 0.408 e. The molecule has 1 saturated carbocycles. The predicted octanol–water partition coefficient (Wildman–Crippen LogP) is 4.74. The molecule has 1 aliphatic rings. The first-order chi connectivity index (χ1) is 16.9. The van der Waals surface area contributed by atoms with Gasteiger partial charge in [0.15, 0.2) is 5.15 Å². The second-order valence-electron chi connectivity index (χ2n) is 10.3. The van der Waals surface area contributed by atoms with Crippen molar-refractivity contribution in [1.82, 2.24) is 25.3 Å². The third kappa shape index (κ3) is 7.05. The Labute approximate surface area is 215 Å². The molecule has 2 atom stereocenters. The van der Waals surface area contributed by atoms with E-state index in [0.29, 0.717) is 11.5 Å². The first-order valence-electron chi connectivity index (χ1n) is 12.0. The molecule has 2 aromatic rings. The molecule has 0 aromatic carbocycles. The van der Waals surface area contributed by atoms with Crippen LogP contribution in [0.15, 0.2) is 12.3 Å². The number of hydrogen-bond donors (Lipinski definition) is 2. The normalized spacial score (nSPS) is 19.8. The summed E-state index contributed by atoms with van der Waals surface area (Å²) in [6, 6.07) is 0.153. The van der Waals surface area contributed by atoms with E-state index in [-0.39, 0.29) is 22.6 Å². The first kappa shape index (κ1) is 27.6. The van der Waals surface area contributed by atoms with Crippen molar-refractivity contribution >= 4 is 29.3 Å². The lowest BCUT2D eigenvalue weighted by molar-refractivity contribution is -0.119. The van der Waals surface area contributed by atoms with Gasteiger partial charge in [-0.3, -0.25) is 9.48 Å². The van der Waals surface area contributed by atoms with E-state index in [1.54, 1.807) is 33.8 Å². The fourth-order valence-corrected chi connectivity index (χ4v) is 4.44. The van der Waals surface area contributed by atoms with Gasteiger partial charge in [-0.1, -0.05) is 31.4 Å². The number of rotatable bonds is 7. The number of methoxy groups -OCH3 is 1. The zero-order valence-corrected chi connectivity index (χ0v) is 22.2. The molecule has 2 heterocycles. The second-order valence-corrected chi connectivity index (χ2v) is 10.6. The van der Waals surface area contributed by atoms with E-state index in [4.69, 9.17) is 21.1 Å². The monoisotopic (exact) mass is 524 g/mol. The molecule has 36 heavy (non-hydrogen) atoms. The van der Waals surface area contributed by atoms with Crippen LogP contribution in [0.25, 0.3) is 0 Å². The number of carbonyl (C=O) groups excluding carboxylic acids is 2. The van der Waals surface area contributed by atoms with Crippen molar-refractivity contribution < 1.29 is 23.5 Å². The Kier molecular flexibility index (Phi) is 8.76. The summed E-state index contributed by atoms with van der Waals surface area (Å²) < 4.78 is 26.7. The van der Waals surface area contributed by atoms with Crippen molar-refractivity contribution in [3.63, 3.8) is 0 Å².